The SMILES string of the molecule is CC(C)C(CO)c1ncc(-c2ccc(Br)s2)[nH]1. The summed E-state index contributed by atoms with van der Waals surface area (Å²) < 4.78 is 1.10. The van der Waals surface area contributed by atoms with E-state index in [1.54, 1.807) is 11.3 Å². The van der Waals surface area contributed by atoms with Crippen molar-refractivity contribution in [2.75, 3.05) is 6.61 Å². The predicted molar refractivity (Wildman–Crippen MR) is 74.3 cm³/mol. The van der Waals surface area contributed by atoms with Crippen LogP contribution in [0.1, 0.15) is 25.6 Å². The first kappa shape index (κ1) is 12.8. The molecule has 0 saturated carbocycles. The summed E-state index contributed by atoms with van der Waals surface area (Å²) in [5.74, 6) is 1.31. The fraction of sp³-hybridized carbons (Fsp3) is 0.417. The molecular weight excluding hydrogens is 300 g/mol. The highest BCUT2D eigenvalue weighted by Crippen LogP contribution is 2.31. The summed E-state index contributed by atoms with van der Waals surface area (Å²) in [7, 11) is 0. The number of hydrogen-bond donors (Lipinski definition) is 2. The largest absolute Gasteiger partial charge is 0.396 e. The lowest BCUT2D eigenvalue weighted by atomic mass is 9.96. The molecule has 2 aromatic rings. The molecule has 0 bridgehead atoms. The fourth-order valence-corrected chi connectivity index (χ4v) is 3.07. The van der Waals surface area contributed by atoms with E-state index in [4.69, 9.17) is 0 Å². The number of H-pyrrole nitrogens is 1. The third-order valence-electron chi connectivity index (χ3n) is 2.79. The molecule has 2 N–H and O–H groups in total. The van der Waals surface area contributed by atoms with E-state index in [0.29, 0.717) is 5.92 Å². The van der Waals surface area contributed by atoms with Gasteiger partial charge in [0, 0.05) is 5.92 Å². The zero-order valence-corrected chi connectivity index (χ0v) is 12.2. The maximum Gasteiger partial charge on any atom is 0.112 e. The number of nitrogens with one attached hydrogen (secondary N) is 1. The lowest BCUT2D eigenvalue weighted by molar-refractivity contribution is 0.232. The number of nitrogens with zero attached hydrogens (tertiary/aromatic N) is 1. The van der Waals surface area contributed by atoms with Gasteiger partial charge in [0.05, 0.1) is 27.2 Å². The van der Waals surface area contributed by atoms with E-state index in [1.165, 1.54) is 0 Å². The molecule has 0 aliphatic rings. The van der Waals surface area contributed by atoms with Gasteiger partial charge in [-0.15, -0.1) is 11.3 Å². The van der Waals surface area contributed by atoms with Gasteiger partial charge in [-0.3, -0.25) is 0 Å². The second-order valence-corrected chi connectivity index (χ2v) is 6.78. The molecule has 3 nitrogen and oxygen atoms in total. The minimum atomic E-state index is 0.0761. The Morgan fingerprint density at radius 1 is 1.47 bits per heavy atom. The third-order valence-corrected chi connectivity index (χ3v) is 4.44. The zero-order chi connectivity index (χ0) is 12.4. The molecule has 0 aromatic carbocycles. The monoisotopic (exact) mass is 314 g/mol. The molecular formula is C12H15BrN2OS. The van der Waals surface area contributed by atoms with Crippen molar-refractivity contribution in [2.24, 2.45) is 5.92 Å². The molecule has 0 fully saturated rings. The van der Waals surface area contributed by atoms with Crippen LogP contribution in [0.2, 0.25) is 0 Å². The van der Waals surface area contributed by atoms with Crippen molar-refractivity contribution in [1.29, 1.82) is 0 Å². The molecule has 0 amide bonds. The molecule has 0 aliphatic carbocycles. The quantitative estimate of drug-likeness (QED) is 0.905. The van der Waals surface area contributed by atoms with E-state index in [0.717, 1.165) is 20.2 Å². The number of rotatable bonds is 4. The van der Waals surface area contributed by atoms with Crippen molar-refractivity contribution in [3.8, 4) is 10.6 Å². The van der Waals surface area contributed by atoms with Crippen molar-refractivity contribution >= 4 is 27.3 Å². The minimum absolute atomic E-state index is 0.0761. The van der Waals surface area contributed by atoms with Crippen LogP contribution in [0.4, 0.5) is 0 Å². The van der Waals surface area contributed by atoms with Gasteiger partial charge in [0.2, 0.25) is 0 Å². The van der Waals surface area contributed by atoms with Crippen LogP contribution < -0.4 is 0 Å². The van der Waals surface area contributed by atoms with Crippen LogP contribution in [0, 0.1) is 5.92 Å². The highest BCUT2D eigenvalue weighted by atomic mass is 79.9. The van der Waals surface area contributed by atoms with Crippen LogP contribution in [0.5, 0.6) is 0 Å². The molecule has 2 aromatic heterocycles. The van der Waals surface area contributed by atoms with Crippen LogP contribution in [0.15, 0.2) is 22.1 Å². The summed E-state index contributed by atoms with van der Waals surface area (Å²) in [5.41, 5.74) is 1.01. The van der Waals surface area contributed by atoms with E-state index >= 15 is 0 Å². The summed E-state index contributed by atoms with van der Waals surface area (Å²) in [6.07, 6.45) is 1.83. The Balaban J connectivity index is 2.26. The van der Waals surface area contributed by atoms with Gasteiger partial charge in [0.15, 0.2) is 0 Å². The summed E-state index contributed by atoms with van der Waals surface area (Å²) >= 11 is 5.11. The van der Waals surface area contributed by atoms with Gasteiger partial charge < -0.3 is 10.1 Å². The molecule has 0 saturated heterocycles. The van der Waals surface area contributed by atoms with E-state index in [-0.39, 0.29) is 12.5 Å². The van der Waals surface area contributed by atoms with Crippen molar-refractivity contribution < 1.29 is 5.11 Å². The van der Waals surface area contributed by atoms with Crippen molar-refractivity contribution in [3.63, 3.8) is 0 Å². The average Bonchev–Trinajstić information content (AvgIpc) is 2.87. The molecule has 0 aliphatic heterocycles. The Morgan fingerprint density at radius 3 is 2.76 bits per heavy atom. The van der Waals surface area contributed by atoms with Crippen molar-refractivity contribution in [2.45, 2.75) is 19.8 Å². The molecule has 1 unspecified atom stereocenters. The third kappa shape index (κ3) is 2.78. The molecule has 92 valence electrons. The first-order valence-electron chi connectivity index (χ1n) is 5.53. The summed E-state index contributed by atoms with van der Waals surface area (Å²) in [4.78, 5) is 8.81. The van der Waals surface area contributed by atoms with Crippen LogP contribution in [0.3, 0.4) is 0 Å². The van der Waals surface area contributed by atoms with E-state index in [1.807, 2.05) is 12.3 Å². The van der Waals surface area contributed by atoms with E-state index in [9.17, 15) is 5.11 Å². The van der Waals surface area contributed by atoms with Gasteiger partial charge in [0.1, 0.15) is 5.82 Å². The van der Waals surface area contributed by atoms with Crippen LogP contribution in [-0.2, 0) is 0 Å². The lowest BCUT2D eigenvalue weighted by Gasteiger charge is -2.15. The highest BCUT2D eigenvalue weighted by Gasteiger charge is 2.18. The Kier molecular flexibility index (Phi) is 4.01. The Bertz CT molecular complexity index is 492. The molecule has 0 spiro atoms. The normalized spacial score (nSPS) is 13.2. The molecule has 1 atom stereocenters. The number of aromatic amines is 1. The predicted octanol–water partition coefficient (Wildman–Crippen LogP) is 3.63. The Labute approximate surface area is 113 Å². The number of imidazole rings is 1. The molecule has 5 heteroatoms. The number of aromatic nitrogens is 2. The standard InChI is InChI=1S/C12H15BrN2OS/c1-7(2)8(6-16)12-14-5-9(15-12)10-3-4-11(13)17-10/h3-5,7-8,16H,6H2,1-2H3,(H,14,15). The first-order chi connectivity index (χ1) is 8.11. The highest BCUT2D eigenvalue weighted by molar-refractivity contribution is 9.11. The second kappa shape index (κ2) is 5.33. The minimum Gasteiger partial charge on any atom is -0.396 e. The van der Waals surface area contributed by atoms with Crippen molar-refractivity contribution in [3.05, 3.63) is 27.9 Å². The van der Waals surface area contributed by atoms with Crippen molar-refractivity contribution in [1.82, 2.24) is 9.97 Å². The molecule has 2 rings (SSSR count). The number of thiophene rings is 1. The van der Waals surface area contributed by atoms with Gasteiger partial charge >= 0.3 is 0 Å². The smallest absolute Gasteiger partial charge is 0.112 e. The van der Waals surface area contributed by atoms with Gasteiger partial charge in [-0.2, -0.15) is 0 Å². The number of aliphatic hydroxyl groups is 1. The molecule has 17 heavy (non-hydrogen) atoms. The van der Waals surface area contributed by atoms with Crippen LogP contribution in [-0.4, -0.2) is 21.7 Å². The Morgan fingerprint density at radius 2 is 2.24 bits per heavy atom. The van der Waals surface area contributed by atoms with Crippen LogP contribution >= 0.6 is 27.3 Å². The van der Waals surface area contributed by atoms with Gasteiger partial charge in [-0.1, -0.05) is 13.8 Å². The number of hydrogen-bond acceptors (Lipinski definition) is 3. The van der Waals surface area contributed by atoms with Gasteiger partial charge in [0.25, 0.3) is 0 Å². The summed E-state index contributed by atoms with van der Waals surface area (Å²) in [6.45, 7) is 4.30. The summed E-state index contributed by atoms with van der Waals surface area (Å²) in [5, 5.41) is 9.37. The topological polar surface area (TPSA) is 48.9 Å². The molecule has 2 heterocycles. The maximum absolute atomic E-state index is 9.37. The Hall–Kier alpha value is -0.650. The average molecular weight is 315 g/mol. The van der Waals surface area contributed by atoms with Gasteiger partial charge in [-0.25, -0.2) is 4.98 Å². The maximum atomic E-state index is 9.37. The summed E-state index contributed by atoms with van der Waals surface area (Å²) in [6, 6.07) is 4.07. The van der Waals surface area contributed by atoms with Gasteiger partial charge in [-0.05, 0) is 34.0 Å². The van der Waals surface area contributed by atoms with E-state index in [2.05, 4.69) is 45.8 Å². The lowest BCUT2D eigenvalue weighted by Crippen LogP contribution is -2.12. The van der Waals surface area contributed by atoms with E-state index < -0.39 is 0 Å². The second-order valence-electron chi connectivity index (χ2n) is 4.32. The first-order valence-corrected chi connectivity index (χ1v) is 7.14. The number of aliphatic hydroxyl groups excluding tert-OH is 1. The van der Waals surface area contributed by atoms with Crippen LogP contribution in [0.25, 0.3) is 10.6 Å². The number of halogens is 1. The molecule has 0 radical (unpaired) electrons. The fourth-order valence-electron chi connectivity index (χ4n) is 1.72. The zero-order valence-electron chi connectivity index (χ0n) is 9.77.